The van der Waals surface area contributed by atoms with E-state index in [-0.39, 0.29) is 5.92 Å². The van der Waals surface area contributed by atoms with Crippen molar-refractivity contribution in [2.75, 3.05) is 26.2 Å². The first-order valence-electron chi connectivity index (χ1n) is 9.41. The van der Waals surface area contributed by atoms with Crippen molar-refractivity contribution < 1.29 is 4.74 Å². The molecule has 0 bridgehead atoms. The summed E-state index contributed by atoms with van der Waals surface area (Å²) in [6.07, 6.45) is 3.01. The number of benzene rings is 2. The van der Waals surface area contributed by atoms with Crippen LogP contribution in [0, 0.1) is 17.2 Å². The van der Waals surface area contributed by atoms with Crippen LogP contribution in [0.2, 0.25) is 0 Å². The topological polar surface area (TPSA) is 62.3 Å². The highest BCUT2D eigenvalue weighted by molar-refractivity contribution is 5.40. The van der Waals surface area contributed by atoms with E-state index in [0.29, 0.717) is 0 Å². The van der Waals surface area contributed by atoms with Crippen LogP contribution < -0.4 is 10.5 Å². The maximum Gasteiger partial charge on any atom is 0.133 e. The summed E-state index contributed by atoms with van der Waals surface area (Å²) in [5.41, 5.74) is 9.27. The van der Waals surface area contributed by atoms with Crippen LogP contribution in [0.3, 0.4) is 0 Å². The molecule has 134 valence electrons. The second kappa shape index (κ2) is 7.11. The average Bonchev–Trinajstić information content (AvgIpc) is 3.35. The fourth-order valence-electron chi connectivity index (χ4n) is 4.20. The van der Waals surface area contributed by atoms with Gasteiger partial charge in [0.2, 0.25) is 0 Å². The molecule has 2 heterocycles. The summed E-state index contributed by atoms with van der Waals surface area (Å²) in [6.45, 7) is 3.70. The Morgan fingerprint density at radius 1 is 1.23 bits per heavy atom. The second-order valence-electron chi connectivity index (χ2n) is 7.42. The fourth-order valence-corrected chi connectivity index (χ4v) is 4.20. The molecule has 2 atom stereocenters. The number of nitrogens with two attached hydrogens (primary N) is 1. The highest BCUT2D eigenvalue weighted by Gasteiger charge is 2.40. The quantitative estimate of drug-likeness (QED) is 0.903. The van der Waals surface area contributed by atoms with Gasteiger partial charge in [0.15, 0.2) is 0 Å². The minimum Gasteiger partial charge on any atom is -0.493 e. The maximum absolute atomic E-state index is 9.78. The molecule has 0 spiro atoms. The molecule has 2 aromatic carbocycles. The molecule has 2 N–H and O–H groups in total. The number of hydrogen-bond acceptors (Lipinski definition) is 4. The van der Waals surface area contributed by atoms with Crippen molar-refractivity contribution in [3.8, 4) is 11.8 Å². The Morgan fingerprint density at radius 3 is 2.88 bits per heavy atom. The zero-order chi connectivity index (χ0) is 18.0. The Kier molecular flexibility index (Phi) is 4.67. The van der Waals surface area contributed by atoms with Gasteiger partial charge in [-0.05, 0) is 42.1 Å². The van der Waals surface area contributed by atoms with Crippen molar-refractivity contribution in [2.24, 2.45) is 11.7 Å². The lowest BCUT2D eigenvalue weighted by molar-refractivity contribution is 0.295. The van der Waals surface area contributed by atoms with Gasteiger partial charge in [0, 0.05) is 25.4 Å². The molecule has 2 aromatic rings. The average molecular weight is 347 g/mol. The fraction of sp³-hybridized carbons (Fsp3) is 0.409. The first-order chi connectivity index (χ1) is 12.7. The van der Waals surface area contributed by atoms with E-state index in [4.69, 9.17) is 10.5 Å². The van der Waals surface area contributed by atoms with E-state index >= 15 is 0 Å². The van der Waals surface area contributed by atoms with Gasteiger partial charge in [-0.2, -0.15) is 5.26 Å². The largest absolute Gasteiger partial charge is 0.493 e. The Balaban J connectivity index is 1.38. The van der Waals surface area contributed by atoms with E-state index in [2.05, 4.69) is 29.2 Å². The molecule has 0 aromatic heterocycles. The predicted molar refractivity (Wildman–Crippen MR) is 102 cm³/mol. The van der Waals surface area contributed by atoms with Crippen LogP contribution >= 0.6 is 0 Å². The zero-order valence-corrected chi connectivity index (χ0v) is 15.0. The second-order valence-corrected chi connectivity index (χ2v) is 7.42. The third-order valence-electron chi connectivity index (χ3n) is 5.82. The van der Waals surface area contributed by atoms with Crippen molar-refractivity contribution in [3.05, 3.63) is 65.2 Å². The van der Waals surface area contributed by atoms with E-state index < -0.39 is 5.54 Å². The number of hydrogen-bond donors (Lipinski definition) is 1. The molecule has 0 amide bonds. The number of nitrogens with zero attached hydrogens (tertiary/aromatic N) is 2. The van der Waals surface area contributed by atoms with Crippen LogP contribution in [0.1, 0.15) is 23.1 Å². The van der Waals surface area contributed by atoms with Crippen molar-refractivity contribution in [1.29, 1.82) is 5.26 Å². The van der Waals surface area contributed by atoms with Gasteiger partial charge in [-0.1, -0.05) is 42.5 Å². The molecule has 2 unspecified atom stereocenters. The van der Waals surface area contributed by atoms with Gasteiger partial charge in [-0.15, -0.1) is 0 Å². The van der Waals surface area contributed by atoms with E-state index in [1.165, 1.54) is 11.1 Å². The first-order valence-corrected chi connectivity index (χ1v) is 9.41. The smallest absolute Gasteiger partial charge is 0.133 e. The molecule has 2 aliphatic rings. The normalized spacial score (nSPS) is 21.6. The Bertz CT molecular complexity index is 814. The maximum atomic E-state index is 9.78. The molecule has 1 fully saturated rings. The monoisotopic (exact) mass is 347 g/mol. The molecule has 4 heteroatoms. The van der Waals surface area contributed by atoms with Crippen molar-refractivity contribution in [3.63, 3.8) is 0 Å². The van der Waals surface area contributed by atoms with Crippen LogP contribution in [0.5, 0.6) is 5.75 Å². The SMILES string of the molecule is N#CC(N)(c1ccccc1)C1CCN(CCc2ccc3c(c2)CCO3)C1. The summed E-state index contributed by atoms with van der Waals surface area (Å²) in [5, 5.41) is 9.78. The lowest BCUT2D eigenvalue weighted by atomic mass is 9.79. The van der Waals surface area contributed by atoms with Crippen molar-refractivity contribution in [2.45, 2.75) is 24.8 Å². The number of nitriles is 1. The third kappa shape index (κ3) is 3.21. The van der Waals surface area contributed by atoms with Gasteiger partial charge in [-0.3, -0.25) is 0 Å². The van der Waals surface area contributed by atoms with Gasteiger partial charge in [0.25, 0.3) is 0 Å². The molecule has 0 saturated carbocycles. The lowest BCUT2D eigenvalue weighted by Crippen LogP contribution is -2.44. The molecule has 0 aliphatic carbocycles. The van der Waals surface area contributed by atoms with Gasteiger partial charge in [-0.25, -0.2) is 0 Å². The summed E-state index contributed by atoms with van der Waals surface area (Å²) in [6, 6.07) is 18.8. The summed E-state index contributed by atoms with van der Waals surface area (Å²) in [4.78, 5) is 2.44. The molecule has 26 heavy (non-hydrogen) atoms. The van der Waals surface area contributed by atoms with Crippen LogP contribution in [0.4, 0.5) is 0 Å². The highest BCUT2D eigenvalue weighted by Crippen LogP contribution is 2.33. The molecule has 1 saturated heterocycles. The number of rotatable bonds is 5. The van der Waals surface area contributed by atoms with Gasteiger partial charge >= 0.3 is 0 Å². The molecule has 4 rings (SSSR count). The van der Waals surface area contributed by atoms with E-state index in [9.17, 15) is 5.26 Å². The van der Waals surface area contributed by atoms with Crippen molar-refractivity contribution >= 4 is 0 Å². The molecule has 4 nitrogen and oxygen atoms in total. The van der Waals surface area contributed by atoms with Gasteiger partial charge in [0.05, 0.1) is 12.7 Å². The molecular weight excluding hydrogens is 322 g/mol. The van der Waals surface area contributed by atoms with Crippen LogP contribution in [0.25, 0.3) is 0 Å². The Hall–Kier alpha value is -2.35. The van der Waals surface area contributed by atoms with Crippen molar-refractivity contribution in [1.82, 2.24) is 4.90 Å². The standard InChI is InChI=1S/C22H25N3O/c23-16-22(24,19-4-2-1-3-5-19)20-9-12-25(15-20)11-8-17-6-7-21-18(14-17)10-13-26-21/h1-7,14,20H,8-13,15,24H2. The molecule has 0 radical (unpaired) electrons. The number of likely N-dealkylation sites (tertiary alicyclic amines) is 1. The van der Waals surface area contributed by atoms with Gasteiger partial charge in [0.1, 0.15) is 11.3 Å². The number of ether oxygens (including phenoxy) is 1. The zero-order valence-electron chi connectivity index (χ0n) is 15.0. The van der Waals surface area contributed by atoms with E-state index in [0.717, 1.165) is 56.8 Å². The summed E-state index contributed by atoms with van der Waals surface area (Å²) < 4.78 is 5.58. The lowest BCUT2D eigenvalue weighted by Gasteiger charge is -2.29. The van der Waals surface area contributed by atoms with Crippen LogP contribution in [-0.4, -0.2) is 31.1 Å². The highest BCUT2D eigenvalue weighted by atomic mass is 16.5. The van der Waals surface area contributed by atoms with Crippen LogP contribution in [0.15, 0.2) is 48.5 Å². The third-order valence-corrected chi connectivity index (χ3v) is 5.82. The van der Waals surface area contributed by atoms with E-state index in [1.54, 1.807) is 0 Å². The summed E-state index contributed by atoms with van der Waals surface area (Å²) in [5.74, 6) is 1.21. The predicted octanol–water partition coefficient (Wildman–Crippen LogP) is 2.86. The van der Waals surface area contributed by atoms with E-state index in [1.807, 2.05) is 30.3 Å². The minimum atomic E-state index is -0.902. The Labute approximate surface area is 155 Å². The summed E-state index contributed by atoms with van der Waals surface area (Å²) >= 11 is 0. The molecular formula is C22H25N3O. The first kappa shape index (κ1) is 17.1. The summed E-state index contributed by atoms with van der Waals surface area (Å²) in [7, 11) is 0. The molecule has 2 aliphatic heterocycles. The Morgan fingerprint density at radius 2 is 2.08 bits per heavy atom. The van der Waals surface area contributed by atoms with Gasteiger partial charge < -0.3 is 15.4 Å². The minimum absolute atomic E-state index is 0.170. The van der Waals surface area contributed by atoms with Crippen LogP contribution in [-0.2, 0) is 18.4 Å². The number of fused-ring (bicyclic) bond motifs is 1.